The van der Waals surface area contributed by atoms with Gasteiger partial charge in [0.15, 0.2) is 10.6 Å². The second-order valence-corrected chi connectivity index (χ2v) is 7.37. The van der Waals surface area contributed by atoms with E-state index in [0.717, 1.165) is 11.1 Å². The highest BCUT2D eigenvalue weighted by molar-refractivity contribution is 7.71. The zero-order valence-corrected chi connectivity index (χ0v) is 17.1. The van der Waals surface area contributed by atoms with Gasteiger partial charge in [0, 0.05) is 17.1 Å². The Morgan fingerprint density at radius 1 is 1.15 bits per heavy atom. The Labute approximate surface area is 176 Å². The largest absolute Gasteiger partial charge is 0.354 e. The van der Waals surface area contributed by atoms with Crippen molar-refractivity contribution < 1.29 is 4.79 Å². The Hall–Kier alpha value is -1.86. The molecule has 140 valence electrons. The molecule has 9 heteroatoms. The number of nitrogens with one attached hydrogen (secondary N) is 2. The smallest absolute Gasteiger partial charge is 0.240 e. The van der Waals surface area contributed by atoms with E-state index in [1.165, 1.54) is 0 Å². The van der Waals surface area contributed by atoms with Crippen LogP contribution in [0.15, 0.2) is 42.5 Å². The van der Waals surface area contributed by atoms with E-state index >= 15 is 0 Å². The van der Waals surface area contributed by atoms with Gasteiger partial charge in [-0.2, -0.15) is 5.10 Å². The average molecular weight is 442 g/mol. The minimum Gasteiger partial charge on any atom is -0.354 e. The number of aromatic nitrogens is 3. The molecular formula is C18H15Cl3N4OS. The van der Waals surface area contributed by atoms with Crippen molar-refractivity contribution in [1.29, 1.82) is 0 Å². The summed E-state index contributed by atoms with van der Waals surface area (Å²) in [7, 11) is 0. The summed E-state index contributed by atoms with van der Waals surface area (Å²) in [5.41, 5.74) is 1.69. The first-order valence-corrected chi connectivity index (χ1v) is 9.60. The van der Waals surface area contributed by atoms with Crippen molar-refractivity contribution in [3.05, 3.63) is 67.9 Å². The number of benzene rings is 2. The minimum atomic E-state index is -0.180. The summed E-state index contributed by atoms with van der Waals surface area (Å²) in [5, 5.41) is 11.4. The lowest BCUT2D eigenvalue weighted by Crippen LogP contribution is -2.29. The molecule has 0 atom stereocenters. The van der Waals surface area contributed by atoms with Gasteiger partial charge in [0.05, 0.1) is 10.0 Å². The molecule has 3 rings (SSSR count). The van der Waals surface area contributed by atoms with Crippen molar-refractivity contribution in [3.8, 4) is 11.4 Å². The summed E-state index contributed by atoms with van der Waals surface area (Å²) in [6.07, 6.45) is 0.575. The van der Waals surface area contributed by atoms with E-state index in [-0.39, 0.29) is 12.5 Å². The molecule has 27 heavy (non-hydrogen) atoms. The number of hydrogen-bond acceptors (Lipinski definition) is 3. The number of halogens is 3. The SMILES string of the molecule is O=C(Cn1c(-c2ccc(Cl)cc2)n[nH]c1=S)NCCc1cccc(Cl)c1Cl. The Morgan fingerprint density at radius 3 is 2.63 bits per heavy atom. The van der Waals surface area contributed by atoms with E-state index in [0.29, 0.717) is 38.6 Å². The third-order valence-electron chi connectivity index (χ3n) is 3.91. The maximum Gasteiger partial charge on any atom is 0.240 e. The van der Waals surface area contributed by atoms with Gasteiger partial charge >= 0.3 is 0 Å². The Balaban J connectivity index is 1.65. The van der Waals surface area contributed by atoms with E-state index < -0.39 is 0 Å². The van der Waals surface area contributed by atoms with Crippen LogP contribution < -0.4 is 5.32 Å². The van der Waals surface area contributed by atoms with E-state index in [4.69, 9.17) is 47.0 Å². The van der Waals surface area contributed by atoms with Crippen LogP contribution in [0.1, 0.15) is 5.56 Å². The molecule has 0 radical (unpaired) electrons. The predicted molar refractivity (Wildman–Crippen MR) is 111 cm³/mol. The van der Waals surface area contributed by atoms with Crippen LogP contribution in [0, 0.1) is 4.77 Å². The topological polar surface area (TPSA) is 62.7 Å². The third kappa shape index (κ3) is 4.90. The molecule has 1 amide bonds. The van der Waals surface area contributed by atoms with Crippen LogP contribution in [0.3, 0.4) is 0 Å². The molecule has 0 unspecified atom stereocenters. The van der Waals surface area contributed by atoms with Crippen molar-refractivity contribution >= 4 is 52.9 Å². The number of carbonyl (C=O) groups is 1. The summed E-state index contributed by atoms with van der Waals surface area (Å²) in [4.78, 5) is 12.3. The highest BCUT2D eigenvalue weighted by Gasteiger charge is 2.12. The molecule has 0 aliphatic rings. The number of amides is 1. The molecule has 5 nitrogen and oxygen atoms in total. The van der Waals surface area contributed by atoms with Gasteiger partial charge in [0.25, 0.3) is 0 Å². The molecule has 2 N–H and O–H groups in total. The Kier molecular flexibility index (Phi) is 6.55. The number of nitrogens with zero attached hydrogens (tertiary/aromatic N) is 2. The first kappa shape index (κ1) is 19.9. The summed E-state index contributed by atoms with van der Waals surface area (Å²) in [6, 6.07) is 12.6. The molecule has 1 heterocycles. The molecule has 0 spiro atoms. The fourth-order valence-electron chi connectivity index (χ4n) is 2.56. The molecule has 0 saturated heterocycles. The van der Waals surface area contributed by atoms with Gasteiger partial charge in [0.1, 0.15) is 6.54 Å². The van der Waals surface area contributed by atoms with E-state index in [9.17, 15) is 4.79 Å². The van der Waals surface area contributed by atoms with Crippen molar-refractivity contribution in [2.24, 2.45) is 0 Å². The van der Waals surface area contributed by atoms with Crippen molar-refractivity contribution in [2.45, 2.75) is 13.0 Å². The van der Waals surface area contributed by atoms with Crippen LogP contribution in [-0.2, 0) is 17.8 Å². The quantitative estimate of drug-likeness (QED) is 0.533. The number of carbonyl (C=O) groups excluding carboxylic acids is 1. The minimum absolute atomic E-state index is 0.0522. The average Bonchev–Trinajstić information content (AvgIpc) is 3.00. The maximum atomic E-state index is 12.3. The maximum absolute atomic E-state index is 12.3. The number of rotatable bonds is 6. The molecule has 2 aromatic carbocycles. The van der Waals surface area contributed by atoms with Crippen LogP contribution in [0.25, 0.3) is 11.4 Å². The van der Waals surface area contributed by atoms with E-state index in [1.807, 2.05) is 24.3 Å². The monoisotopic (exact) mass is 440 g/mol. The standard InChI is InChI=1S/C18H15Cl3N4OS/c19-13-6-4-12(5-7-13)17-23-24-18(27)25(17)10-15(26)22-9-8-11-2-1-3-14(20)16(11)21/h1-7H,8-10H2,(H,22,26)(H,24,27). The molecule has 0 aliphatic carbocycles. The van der Waals surface area contributed by atoms with Gasteiger partial charge in [-0.05, 0) is 54.5 Å². The van der Waals surface area contributed by atoms with Crippen molar-refractivity contribution in [1.82, 2.24) is 20.1 Å². The zero-order chi connectivity index (χ0) is 19.4. The Bertz CT molecular complexity index is 1010. The van der Waals surface area contributed by atoms with Gasteiger partial charge < -0.3 is 5.32 Å². The second kappa shape index (κ2) is 8.89. The first-order chi connectivity index (χ1) is 13.0. The Morgan fingerprint density at radius 2 is 1.89 bits per heavy atom. The highest BCUT2D eigenvalue weighted by atomic mass is 35.5. The summed E-state index contributed by atoms with van der Waals surface area (Å²) >= 11 is 23.3. The highest BCUT2D eigenvalue weighted by Crippen LogP contribution is 2.25. The zero-order valence-electron chi connectivity index (χ0n) is 14.0. The lowest BCUT2D eigenvalue weighted by Gasteiger charge is -2.09. The van der Waals surface area contributed by atoms with Crippen molar-refractivity contribution in [3.63, 3.8) is 0 Å². The second-order valence-electron chi connectivity index (χ2n) is 5.76. The van der Waals surface area contributed by atoms with Crippen LogP contribution in [0.2, 0.25) is 15.1 Å². The third-order valence-corrected chi connectivity index (χ3v) is 5.33. The van der Waals surface area contributed by atoms with E-state index in [1.54, 1.807) is 22.8 Å². The number of H-pyrrole nitrogens is 1. The molecule has 0 bridgehead atoms. The van der Waals surface area contributed by atoms with Crippen LogP contribution in [0.5, 0.6) is 0 Å². The fraction of sp³-hybridized carbons (Fsp3) is 0.167. The fourth-order valence-corrected chi connectivity index (χ4v) is 3.30. The van der Waals surface area contributed by atoms with Gasteiger partial charge in [0.2, 0.25) is 5.91 Å². The van der Waals surface area contributed by atoms with Gasteiger partial charge in [-0.15, -0.1) is 0 Å². The lowest BCUT2D eigenvalue weighted by molar-refractivity contribution is -0.121. The molecule has 3 aromatic rings. The number of hydrogen-bond donors (Lipinski definition) is 2. The molecule has 0 aliphatic heterocycles. The molecule has 0 fully saturated rings. The predicted octanol–water partition coefficient (Wildman–Crippen LogP) is 4.93. The lowest BCUT2D eigenvalue weighted by atomic mass is 10.1. The van der Waals surface area contributed by atoms with Crippen LogP contribution in [-0.4, -0.2) is 27.2 Å². The van der Waals surface area contributed by atoms with E-state index in [2.05, 4.69) is 15.5 Å². The first-order valence-electron chi connectivity index (χ1n) is 8.06. The van der Waals surface area contributed by atoms with Gasteiger partial charge in [-0.1, -0.05) is 46.9 Å². The normalized spacial score (nSPS) is 10.8. The summed E-state index contributed by atoms with van der Waals surface area (Å²) < 4.78 is 2.01. The van der Waals surface area contributed by atoms with Crippen LogP contribution >= 0.6 is 47.0 Å². The van der Waals surface area contributed by atoms with Crippen molar-refractivity contribution in [2.75, 3.05) is 6.54 Å². The number of aromatic amines is 1. The summed E-state index contributed by atoms with van der Waals surface area (Å²) in [5.74, 6) is 0.394. The van der Waals surface area contributed by atoms with Crippen LogP contribution in [0.4, 0.5) is 0 Å². The molecule has 1 aromatic heterocycles. The molecule has 0 saturated carbocycles. The van der Waals surface area contributed by atoms with Gasteiger partial charge in [-0.3, -0.25) is 14.5 Å². The van der Waals surface area contributed by atoms with Gasteiger partial charge in [-0.25, -0.2) is 0 Å². The summed E-state index contributed by atoms with van der Waals surface area (Å²) in [6.45, 7) is 0.483. The molecular weight excluding hydrogens is 427 g/mol.